The van der Waals surface area contributed by atoms with E-state index in [1.165, 1.54) is 12.8 Å². The maximum Gasteiger partial charge on any atom is 0.0726 e. The number of aromatic nitrogens is 2. The lowest BCUT2D eigenvalue weighted by molar-refractivity contribution is 0.483. The van der Waals surface area contributed by atoms with Crippen molar-refractivity contribution in [2.75, 3.05) is 11.9 Å². The molecule has 0 amide bonds. The number of hydrogen-bond donors (Lipinski definition) is 1. The van der Waals surface area contributed by atoms with Crippen LogP contribution in [-0.2, 0) is 6.54 Å². The van der Waals surface area contributed by atoms with Gasteiger partial charge in [0.25, 0.3) is 0 Å². The maximum atomic E-state index is 4.34. The summed E-state index contributed by atoms with van der Waals surface area (Å²) < 4.78 is 2.01. The van der Waals surface area contributed by atoms with E-state index >= 15 is 0 Å². The van der Waals surface area contributed by atoms with Gasteiger partial charge in [0, 0.05) is 19.3 Å². The van der Waals surface area contributed by atoms with Crippen molar-refractivity contribution in [3.05, 3.63) is 12.4 Å². The van der Waals surface area contributed by atoms with Gasteiger partial charge in [0.05, 0.1) is 11.9 Å². The second kappa shape index (κ2) is 6.56. The van der Waals surface area contributed by atoms with Gasteiger partial charge in [-0.2, -0.15) is 5.10 Å². The minimum atomic E-state index is 0.645. The smallest absolute Gasteiger partial charge is 0.0726 e. The first-order valence-electron chi connectivity index (χ1n) is 6.42. The molecule has 0 aliphatic heterocycles. The van der Waals surface area contributed by atoms with Gasteiger partial charge in [-0.25, -0.2) is 0 Å². The second-order valence-electron chi connectivity index (χ2n) is 4.91. The number of nitrogens with one attached hydrogen (secondary N) is 1. The molecule has 0 radical (unpaired) electrons. The quantitative estimate of drug-likeness (QED) is 0.768. The molecule has 1 aromatic heterocycles. The number of rotatable bonds is 7. The molecule has 0 aromatic carbocycles. The summed E-state index contributed by atoms with van der Waals surface area (Å²) in [5, 5.41) is 7.80. The molecule has 1 aromatic rings. The van der Waals surface area contributed by atoms with Crippen molar-refractivity contribution in [2.45, 2.75) is 47.1 Å². The first-order valence-corrected chi connectivity index (χ1v) is 6.42. The molecule has 0 bridgehead atoms. The Bertz CT molecular complexity index is 287. The summed E-state index contributed by atoms with van der Waals surface area (Å²) in [5.74, 6) is 1.42. The maximum absolute atomic E-state index is 4.34. The van der Waals surface area contributed by atoms with E-state index in [1.807, 2.05) is 10.9 Å². The zero-order valence-corrected chi connectivity index (χ0v) is 11.0. The molecular formula is C13H25N3. The van der Waals surface area contributed by atoms with Crippen LogP contribution in [0.4, 0.5) is 5.69 Å². The summed E-state index contributed by atoms with van der Waals surface area (Å²) in [7, 11) is 0. The lowest BCUT2D eigenvalue weighted by Gasteiger charge is -2.12. The Labute approximate surface area is 99.2 Å². The predicted molar refractivity (Wildman–Crippen MR) is 69.6 cm³/mol. The molecular weight excluding hydrogens is 198 g/mol. The van der Waals surface area contributed by atoms with Gasteiger partial charge in [-0.05, 0) is 11.8 Å². The molecule has 0 saturated carbocycles. The Hall–Kier alpha value is -0.990. The van der Waals surface area contributed by atoms with Crippen LogP contribution in [0.25, 0.3) is 0 Å². The largest absolute Gasteiger partial charge is 0.382 e. The van der Waals surface area contributed by atoms with Crippen molar-refractivity contribution in [3.8, 4) is 0 Å². The van der Waals surface area contributed by atoms with Gasteiger partial charge < -0.3 is 5.32 Å². The van der Waals surface area contributed by atoms with Crippen LogP contribution in [-0.4, -0.2) is 16.3 Å². The molecule has 1 heterocycles. The summed E-state index contributed by atoms with van der Waals surface area (Å²) in [5.41, 5.74) is 1.15. The van der Waals surface area contributed by atoms with Gasteiger partial charge in [0.1, 0.15) is 0 Å². The normalized spacial score (nSPS) is 11.4. The molecule has 16 heavy (non-hydrogen) atoms. The van der Waals surface area contributed by atoms with Gasteiger partial charge >= 0.3 is 0 Å². The van der Waals surface area contributed by atoms with Gasteiger partial charge in [0.2, 0.25) is 0 Å². The van der Waals surface area contributed by atoms with E-state index in [0.717, 1.165) is 24.7 Å². The third-order valence-electron chi connectivity index (χ3n) is 2.94. The van der Waals surface area contributed by atoms with Crippen LogP contribution >= 0.6 is 0 Å². The topological polar surface area (TPSA) is 29.9 Å². The monoisotopic (exact) mass is 223 g/mol. The average Bonchev–Trinajstić information content (AvgIpc) is 2.66. The van der Waals surface area contributed by atoms with Gasteiger partial charge in [-0.1, -0.05) is 40.5 Å². The van der Waals surface area contributed by atoms with Gasteiger partial charge in [-0.15, -0.1) is 0 Å². The fraction of sp³-hybridized carbons (Fsp3) is 0.769. The van der Waals surface area contributed by atoms with Crippen LogP contribution in [0.5, 0.6) is 0 Å². The highest BCUT2D eigenvalue weighted by molar-refractivity contribution is 5.37. The van der Waals surface area contributed by atoms with Crippen molar-refractivity contribution in [1.82, 2.24) is 9.78 Å². The summed E-state index contributed by atoms with van der Waals surface area (Å²) in [4.78, 5) is 0. The second-order valence-corrected chi connectivity index (χ2v) is 4.91. The zero-order valence-electron chi connectivity index (χ0n) is 11.0. The van der Waals surface area contributed by atoms with Crippen molar-refractivity contribution in [3.63, 3.8) is 0 Å². The molecule has 3 nitrogen and oxygen atoms in total. The number of hydrogen-bond acceptors (Lipinski definition) is 2. The van der Waals surface area contributed by atoms with Crippen molar-refractivity contribution in [2.24, 2.45) is 11.8 Å². The summed E-state index contributed by atoms with van der Waals surface area (Å²) in [6, 6.07) is 0. The molecule has 0 unspecified atom stereocenters. The van der Waals surface area contributed by atoms with E-state index in [1.54, 1.807) is 0 Å². The Balaban J connectivity index is 2.39. The first kappa shape index (κ1) is 13.1. The van der Waals surface area contributed by atoms with Crippen molar-refractivity contribution < 1.29 is 0 Å². The SMILES string of the molecule is CCC(CC)CNc1cnn(CC(C)C)c1. The minimum Gasteiger partial charge on any atom is -0.382 e. The highest BCUT2D eigenvalue weighted by atomic mass is 15.3. The van der Waals surface area contributed by atoms with Gasteiger partial charge in [0.15, 0.2) is 0 Å². The zero-order chi connectivity index (χ0) is 12.0. The van der Waals surface area contributed by atoms with Crippen molar-refractivity contribution in [1.29, 1.82) is 0 Å². The summed E-state index contributed by atoms with van der Waals surface area (Å²) >= 11 is 0. The molecule has 92 valence electrons. The molecule has 3 heteroatoms. The van der Waals surface area contributed by atoms with Crippen molar-refractivity contribution >= 4 is 5.69 Å². The van der Waals surface area contributed by atoms with E-state index < -0.39 is 0 Å². The Morgan fingerprint density at radius 1 is 1.31 bits per heavy atom. The van der Waals surface area contributed by atoms with E-state index in [0.29, 0.717) is 5.92 Å². The summed E-state index contributed by atoms with van der Waals surface area (Å²) in [6.07, 6.45) is 6.50. The van der Waals surface area contributed by atoms with Crippen LogP contribution in [0.3, 0.4) is 0 Å². The highest BCUT2D eigenvalue weighted by Crippen LogP contribution is 2.11. The van der Waals surface area contributed by atoms with Crippen LogP contribution in [0.1, 0.15) is 40.5 Å². The third-order valence-corrected chi connectivity index (χ3v) is 2.94. The molecule has 0 aliphatic rings. The Morgan fingerprint density at radius 2 is 2.00 bits per heavy atom. The van der Waals surface area contributed by atoms with Crippen LogP contribution < -0.4 is 5.32 Å². The predicted octanol–water partition coefficient (Wildman–Crippen LogP) is 3.39. The highest BCUT2D eigenvalue weighted by Gasteiger charge is 2.04. The summed E-state index contributed by atoms with van der Waals surface area (Å²) in [6.45, 7) is 11.0. The molecule has 1 N–H and O–H groups in total. The lowest BCUT2D eigenvalue weighted by Crippen LogP contribution is -2.12. The Kier molecular flexibility index (Phi) is 5.36. The first-order chi connectivity index (χ1) is 7.65. The van der Waals surface area contributed by atoms with E-state index in [-0.39, 0.29) is 0 Å². The van der Waals surface area contributed by atoms with E-state index in [9.17, 15) is 0 Å². The van der Waals surface area contributed by atoms with Gasteiger partial charge in [-0.3, -0.25) is 4.68 Å². The molecule has 0 fully saturated rings. The lowest BCUT2D eigenvalue weighted by atomic mass is 10.0. The number of nitrogens with zero attached hydrogens (tertiary/aromatic N) is 2. The fourth-order valence-electron chi connectivity index (χ4n) is 1.77. The Morgan fingerprint density at radius 3 is 2.56 bits per heavy atom. The third kappa shape index (κ3) is 4.25. The fourth-order valence-corrected chi connectivity index (χ4v) is 1.77. The molecule has 0 saturated heterocycles. The molecule has 0 aliphatic carbocycles. The van der Waals surface area contributed by atoms with Crippen LogP contribution in [0.2, 0.25) is 0 Å². The molecule has 1 rings (SSSR count). The van der Waals surface area contributed by atoms with Crippen LogP contribution in [0.15, 0.2) is 12.4 Å². The average molecular weight is 223 g/mol. The molecule has 0 spiro atoms. The molecule has 0 atom stereocenters. The minimum absolute atomic E-state index is 0.645. The van der Waals surface area contributed by atoms with Crippen LogP contribution in [0, 0.1) is 11.8 Å². The standard InChI is InChI=1S/C13H25N3/c1-5-12(6-2)7-14-13-8-15-16(10-13)9-11(3)4/h8,10-12,14H,5-7,9H2,1-4H3. The van der Waals surface area contributed by atoms with E-state index in [2.05, 4.69) is 44.3 Å². The number of anilines is 1. The van der Waals surface area contributed by atoms with E-state index in [4.69, 9.17) is 0 Å².